The minimum Gasteiger partial charge on any atom is -0.506 e. The number of aliphatic imine (C=N–C) groups is 1. The first-order valence-corrected chi connectivity index (χ1v) is 11.3. The van der Waals surface area contributed by atoms with Gasteiger partial charge in [-0.15, -0.1) is 0 Å². The molecule has 1 atom stereocenters. The van der Waals surface area contributed by atoms with E-state index < -0.39 is 52.1 Å². The van der Waals surface area contributed by atoms with Crippen molar-refractivity contribution in [3.63, 3.8) is 0 Å². The van der Waals surface area contributed by atoms with Crippen molar-refractivity contribution in [1.82, 2.24) is 20.7 Å². The summed E-state index contributed by atoms with van der Waals surface area (Å²) in [6.45, 7) is 4.45. The van der Waals surface area contributed by atoms with Crippen molar-refractivity contribution >= 4 is 33.9 Å². The first-order chi connectivity index (χ1) is 15.0. The van der Waals surface area contributed by atoms with Crippen molar-refractivity contribution in [1.29, 1.82) is 0 Å². The lowest BCUT2D eigenvalue weighted by Gasteiger charge is -2.24. The SMILES string of the molecule is CC(C)CNC(=O)OC1CN=C(NCc2cc(O)c(N3CC(=O)NS3(=O)=O)c(F)c2)NC1. The molecule has 0 radical (unpaired) electrons. The Hall–Kier alpha value is -3.29. The van der Waals surface area contributed by atoms with Crippen LogP contribution in [-0.2, 0) is 26.3 Å². The van der Waals surface area contributed by atoms with E-state index in [0.717, 1.165) is 6.07 Å². The van der Waals surface area contributed by atoms with Crippen LogP contribution < -0.4 is 25.0 Å². The second-order valence-corrected chi connectivity index (χ2v) is 9.30. The normalized spacial score (nSPS) is 19.8. The van der Waals surface area contributed by atoms with Crippen molar-refractivity contribution in [2.75, 3.05) is 30.5 Å². The van der Waals surface area contributed by atoms with Gasteiger partial charge in [-0.1, -0.05) is 13.8 Å². The number of nitrogens with zero attached hydrogens (tertiary/aromatic N) is 2. The number of guanidine groups is 1. The van der Waals surface area contributed by atoms with Crippen molar-refractivity contribution in [2.45, 2.75) is 26.5 Å². The van der Waals surface area contributed by atoms with Gasteiger partial charge in [0.1, 0.15) is 24.1 Å². The zero-order chi connectivity index (χ0) is 23.5. The van der Waals surface area contributed by atoms with Gasteiger partial charge in [-0.05, 0) is 23.6 Å². The molecule has 5 N–H and O–H groups in total. The largest absolute Gasteiger partial charge is 0.506 e. The number of carbonyl (C=O) groups excluding carboxylic acids is 2. The molecule has 1 unspecified atom stereocenters. The molecule has 32 heavy (non-hydrogen) atoms. The number of hydrogen-bond acceptors (Lipinski definition) is 9. The number of nitrogens with one attached hydrogen (secondary N) is 4. The van der Waals surface area contributed by atoms with Crippen LogP contribution in [0, 0.1) is 11.7 Å². The fourth-order valence-electron chi connectivity index (χ4n) is 3.02. The molecular formula is C18H25FN6O6S. The highest BCUT2D eigenvalue weighted by atomic mass is 32.2. The molecule has 1 aromatic rings. The number of phenolic OH excluding ortho intramolecular Hbond substituents is 1. The Morgan fingerprint density at radius 2 is 2.19 bits per heavy atom. The minimum absolute atomic E-state index is 0.0704. The highest BCUT2D eigenvalue weighted by Gasteiger charge is 2.37. The Morgan fingerprint density at radius 1 is 1.44 bits per heavy atom. The third kappa shape index (κ3) is 5.69. The summed E-state index contributed by atoms with van der Waals surface area (Å²) in [4.78, 5) is 27.3. The molecule has 2 aliphatic rings. The van der Waals surface area contributed by atoms with E-state index >= 15 is 0 Å². The lowest BCUT2D eigenvalue weighted by Crippen LogP contribution is -2.48. The van der Waals surface area contributed by atoms with Crippen molar-refractivity contribution < 1.29 is 32.2 Å². The predicted octanol–water partition coefficient (Wildman–Crippen LogP) is -0.488. The van der Waals surface area contributed by atoms with E-state index in [1.54, 1.807) is 4.72 Å². The van der Waals surface area contributed by atoms with Crippen LogP contribution in [0.2, 0.25) is 0 Å². The maximum Gasteiger partial charge on any atom is 0.407 e. The van der Waals surface area contributed by atoms with Crippen LogP contribution in [0.5, 0.6) is 5.75 Å². The fraction of sp³-hybridized carbons (Fsp3) is 0.500. The van der Waals surface area contributed by atoms with Crippen LogP contribution in [-0.4, -0.2) is 63.8 Å². The molecule has 14 heteroatoms. The fourth-order valence-corrected chi connectivity index (χ4v) is 4.19. The number of aromatic hydroxyl groups is 1. The highest BCUT2D eigenvalue weighted by molar-refractivity contribution is 7.92. The minimum atomic E-state index is -4.25. The third-order valence-electron chi connectivity index (χ3n) is 4.51. The van der Waals surface area contributed by atoms with Crippen LogP contribution >= 0.6 is 0 Å². The molecule has 2 heterocycles. The standard InChI is InChI=1S/C18H25FN6O6S/c1-10(2)5-23-18(28)31-12-7-21-17(22-8-12)20-6-11-3-13(19)16(14(26)4-11)25-9-15(27)24-32(25,29)30/h3-4,10,12,26H,5-9H2,1-2H3,(H,23,28)(H,24,27)(H2,20,21,22). The Labute approximate surface area is 184 Å². The topological polar surface area (TPSA) is 161 Å². The molecule has 0 bridgehead atoms. The van der Waals surface area contributed by atoms with Gasteiger partial charge in [0.25, 0.3) is 5.91 Å². The average Bonchev–Trinajstić information content (AvgIpc) is 2.97. The van der Waals surface area contributed by atoms with Gasteiger partial charge in [0.05, 0.1) is 13.1 Å². The number of benzene rings is 1. The molecule has 12 nitrogen and oxygen atoms in total. The number of phenols is 1. The molecule has 0 aliphatic carbocycles. The Bertz CT molecular complexity index is 1010. The van der Waals surface area contributed by atoms with E-state index in [9.17, 15) is 27.5 Å². The summed E-state index contributed by atoms with van der Waals surface area (Å²) in [6, 6.07) is 2.24. The van der Waals surface area contributed by atoms with Gasteiger partial charge in [0.2, 0.25) is 0 Å². The van der Waals surface area contributed by atoms with Crippen LogP contribution in [0.3, 0.4) is 0 Å². The lowest BCUT2D eigenvalue weighted by atomic mass is 10.1. The first kappa shape index (κ1) is 23.4. The second-order valence-electron chi connectivity index (χ2n) is 7.71. The van der Waals surface area contributed by atoms with Gasteiger partial charge in [0, 0.05) is 13.1 Å². The number of rotatable bonds is 6. The molecule has 1 fully saturated rings. The first-order valence-electron chi connectivity index (χ1n) is 9.86. The lowest BCUT2D eigenvalue weighted by molar-refractivity contribution is -0.117. The summed E-state index contributed by atoms with van der Waals surface area (Å²) in [5.74, 6) is -1.75. The molecule has 1 aromatic carbocycles. The quantitative estimate of drug-likeness (QED) is 0.371. The average molecular weight is 472 g/mol. The summed E-state index contributed by atoms with van der Waals surface area (Å²) in [7, 11) is -4.25. The number of anilines is 1. The molecule has 0 aromatic heterocycles. The highest BCUT2D eigenvalue weighted by Crippen LogP contribution is 2.34. The van der Waals surface area contributed by atoms with E-state index in [2.05, 4.69) is 20.9 Å². The Kier molecular flexibility index (Phi) is 6.91. The summed E-state index contributed by atoms with van der Waals surface area (Å²) in [5, 5.41) is 18.7. The van der Waals surface area contributed by atoms with Crippen LogP contribution in [0.4, 0.5) is 14.9 Å². The molecular weight excluding hydrogens is 447 g/mol. The zero-order valence-electron chi connectivity index (χ0n) is 17.5. The maximum atomic E-state index is 14.6. The number of amides is 2. The Balaban J connectivity index is 1.56. The van der Waals surface area contributed by atoms with Gasteiger partial charge in [-0.25, -0.2) is 23.2 Å². The monoisotopic (exact) mass is 472 g/mol. The zero-order valence-corrected chi connectivity index (χ0v) is 18.3. The van der Waals surface area contributed by atoms with Crippen LogP contribution in [0.25, 0.3) is 0 Å². The van der Waals surface area contributed by atoms with E-state index in [1.165, 1.54) is 6.07 Å². The number of ether oxygens (including phenoxy) is 1. The summed E-state index contributed by atoms with van der Waals surface area (Å²) in [6.07, 6.45) is -0.952. The van der Waals surface area contributed by atoms with E-state index in [0.29, 0.717) is 34.8 Å². The predicted molar refractivity (Wildman–Crippen MR) is 113 cm³/mol. The van der Waals surface area contributed by atoms with Gasteiger partial charge < -0.3 is 25.8 Å². The summed E-state index contributed by atoms with van der Waals surface area (Å²) < 4.78 is 45.8. The van der Waals surface area contributed by atoms with E-state index in [-0.39, 0.29) is 13.1 Å². The van der Waals surface area contributed by atoms with Crippen LogP contribution in [0.1, 0.15) is 19.4 Å². The molecule has 2 amide bonds. The molecule has 0 saturated carbocycles. The van der Waals surface area contributed by atoms with Gasteiger partial charge in [-0.2, -0.15) is 8.42 Å². The molecule has 3 rings (SSSR count). The summed E-state index contributed by atoms with van der Waals surface area (Å²) >= 11 is 0. The maximum absolute atomic E-state index is 14.6. The molecule has 2 aliphatic heterocycles. The summed E-state index contributed by atoms with van der Waals surface area (Å²) in [5.41, 5.74) is -0.286. The Morgan fingerprint density at radius 3 is 2.75 bits per heavy atom. The second kappa shape index (κ2) is 9.46. The number of hydrogen-bond donors (Lipinski definition) is 5. The van der Waals surface area contributed by atoms with Gasteiger partial charge >= 0.3 is 16.3 Å². The van der Waals surface area contributed by atoms with Gasteiger partial charge in [0.15, 0.2) is 11.8 Å². The molecule has 0 spiro atoms. The smallest absolute Gasteiger partial charge is 0.407 e. The van der Waals surface area contributed by atoms with Crippen LogP contribution in [0.15, 0.2) is 17.1 Å². The third-order valence-corrected chi connectivity index (χ3v) is 5.89. The van der Waals surface area contributed by atoms with E-state index in [4.69, 9.17) is 4.74 Å². The van der Waals surface area contributed by atoms with Crippen molar-refractivity contribution in [3.8, 4) is 5.75 Å². The number of carbonyl (C=O) groups is 2. The molecule has 176 valence electrons. The van der Waals surface area contributed by atoms with Crippen molar-refractivity contribution in [2.24, 2.45) is 10.9 Å². The van der Waals surface area contributed by atoms with Gasteiger partial charge in [-0.3, -0.25) is 4.79 Å². The number of alkyl carbamates (subject to hydrolysis) is 1. The molecule has 1 saturated heterocycles. The van der Waals surface area contributed by atoms with E-state index in [1.807, 2.05) is 13.8 Å². The van der Waals surface area contributed by atoms with Crippen molar-refractivity contribution in [3.05, 3.63) is 23.5 Å². The number of halogens is 1.